The molecule has 0 unspecified atom stereocenters. The van der Waals surface area contributed by atoms with Crippen molar-refractivity contribution in [3.05, 3.63) is 35.8 Å². The Morgan fingerprint density at radius 2 is 1.94 bits per heavy atom. The lowest BCUT2D eigenvalue weighted by atomic mass is 10.1. The van der Waals surface area contributed by atoms with E-state index in [1.165, 1.54) is 4.90 Å². The maximum absolute atomic E-state index is 9.16. The number of nitriles is 1. The monoisotopic (exact) mass is 243 g/mol. The quantitative estimate of drug-likeness (QED) is 0.761. The molecule has 0 aliphatic rings. The van der Waals surface area contributed by atoms with Crippen molar-refractivity contribution in [2.75, 3.05) is 6.26 Å². The Balaban J connectivity index is 2.53. The van der Waals surface area contributed by atoms with E-state index in [-0.39, 0.29) is 0 Å². The molecule has 86 valence electrons. The molecule has 0 radical (unpaired) electrons. The molecule has 0 saturated carbocycles. The molecule has 1 heterocycles. The summed E-state index contributed by atoms with van der Waals surface area (Å²) >= 11 is 1.70. The van der Waals surface area contributed by atoms with Crippen molar-refractivity contribution in [2.24, 2.45) is 7.05 Å². The van der Waals surface area contributed by atoms with Crippen LogP contribution in [0.2, 0.25) is 0 Å². The zero-order valence-electron chi connectivity index (χ0n) is 10.1. The van der Waals surface area contributed by atoms with E-state index in [4.69, 9.17) is 5.26 Å². The molecule has 0 fully saturated rings. The molecular formula is C13H13N3S. The Morgan fingerprint density at radius 3 is 2.47 bits per heavy atom. The number of benzene rings is 1. The molecular weight excluding hydrogens is 230 g/mol. The van der Waals surface area contributed by atoms with E-state index in [0.29, 0.717) is 5.69 Å². The van der Waals surface area contributed by atoms with Gasteiger partial charge in [0.2, 0.25) is 0 Å². The van der Waals surface area contributed by atoms with Gasteiger partial charge < -0.3 is 4.57 Å². The molecule has 1 aromatic carbocycles. The van der Waals surface area contributed by atoms with Gasteiger partial charge in [-0.15, -0.1) is 11.8 Å². The fourth-order valence-electron chi connectivity index (χ4n) is 1.69. The summed E-state index contributed by atoms with van der Waals surface area (Å²) in [7, 11) is 1.86. The van der Waals surface area contributed by atoms with Crippen molar-refractivity contribution in [2.45, 2.75) is 11.8 Å². The number of hydrogen-bond acceptors (Lipinski definition) is 3. The first kappa shape index (κ1) is 11.7. The average Bonchev–Trinajstić information content (AvgIpc) is 2.65. The van der Waals surface area contributed by atoms with Gasteiger partial charge in [-0.1, -0.05) is 12.1 Å². The van der Waals surface area contributed by atoms with Crippen molar-refractivity contribution in [3.8, 4) is 17.3 Å². The lowest BCUT2D eigenvalue weighted by molar-refractivity contribution is 0.845. The van der Waals surface area contributed by atoms with Gasteiger partial charge in [0, 0.05) is 17.5 Å². The van der Waals surface area contributed by atoms with E-state index in [2.05, 4.69) is 11.1 Å². The Kier molecular flexibility index (Phi) is 3.21. The molecule has 0 N–H and O–H groups in total. The average molecular weight is 243 g/mol. The van der Waals surface area contributed by atoms with Crippen LogP contribution >= 0.6 is 11.8 Å². The molecule has 3 nitrogen and oxygen atoms in total. The Morgan fingerprint density at radius 1 is 1.29 bits per heavy atom. The normalized spacial score (nSPS) is 10.2. The van der Waals surface area contributed by atoms with Crippen LogP contribution in [0.4, 0.5) is 0 Å². The number of aromatic nitrogens is 2. The topological polar surface area (TPSA) is 41.6 Å². The molecule has 0 saturated heterocycles. The van der Waals surface area contributed by atoms with Crippen LogP contribution in [0.15, 0.2) is 29.2 Å². The van der Waals surface area contributed by atoms with Crippen molar-refractivity contribution >= 4 is 11.8 Å². The summed E-state index contributed by atoms with van der Waals surface area (Å²) < 4.78 is 1.82. The van der Waals surface area contributed by atoms with Gasteiger partial charge in [0.15, 0.2) is 0 Å². The van der Waals surface area contributed by atoms with Crippen molar-refractivity contribution < 1.29 is 0 Å². The standard InChI is InChI=1S/C13H13N3S/c1-9-15-13(12(8-14)16(9)2)10-4-6-11(17-3)7-5-10/h4-7H,1-3H3. The zero-order valence-corrected chi connectivity index (χ0v) is 10.9. The number of nitrogens with zero attached hydrogens (tertiary/aromatic N) is 3. The number of thioether (sulfide) groups is 1. The van der Waals surface area contributed by atoms with Crippen molar-refractivity contribution in [3.63, 3.8) is 0 Å². The fraction of sp³-hybridized carbons (Fsp3) is 0.231. The van der Waals surface area contributed by atoms with E-state index in [0.717, 1.165) is 17.1 Å². The van der Waals surface area contributed by atoms with E-state index in [1.54, 1.807) is 11.8 Å². The minimum absolute atomic E-state index is 0.611. The highest BCUT2D eigenvalue weighted by Crippen LogP contribution is 2.25. The molecule has 0 amide bonds. The molecule has 17 heavy (non-hydrogen) atoms. The van der Waals surface area contributed by atoms with Crippen molar-refractivity contribution in [1.82, 2.24) is 9.55 Å². The molecule has 0 aliphatic heterocycles. The minimum atomic E-state index is 0.611. The Hall–Kier alpha value is -1.73. The van der Waals surface area contributed by atoms with Crippen LogP contribution in [0, 0.1) is 18.3 Å². The summed E-state index contributed by atoms with van der Waals surface area (Å²) in [4.78, 5) is 5.65. The van der Waals surface area contributed by atoms with Crippen LogP contribution in [0.25, 0.3) is 11.3 Å². The second-order valence-electron chi connectivity index (χ2n) is 3.76. The molecule has 2 rings (SSSR count). The predicted octanol–water partition coefficient (Wildman–Crippen LogP) is 2.99. The third-order valence-electron chi connectivity index (χ3n) is 2.79. The summed E-state index contributed by atoms with van der Waals surface area (Å²) in [6.07, 6.45) is 2.04. The Labute approximate surface area is 105 Å². The number of imidazole rings is 1. The van der Waals surface area contributed by atoms with E-state index < -0.39 is 0 Å². The first-order valence-electron chi connectivity index (χ1n) is 5.25. The summed E-state index contributed by atoms with van der Waals surface area (Å²) in [5.74, 6) is 0.852. The van der Waals surface area contributed by atoms with Gasteiger partial charge in [-0.25, -0.2) is 4.98 Å². The maximum atomic E-state index is 9.16. The molecule has 0 bridgehead atoms. The third kappa shape index (κ3) is 2.06. The fourth-order valence-corrected chi connectivity index (χ4v) is 2.10. The van der Waals surface area contributed by atoms with Gasteiger partial charge in [0.25, 0.3) is 0 Å². The van der Waals surface area contributed by atoms with E-state index >= 15 is 0 Å². The lowest BCUT2D eigenvalue weighted by Gasteiger charge is -2.00. The summed E-state index contributed by atoms with van der Waals surface area (Å²) in [6, 6.07) is 10.3. The number of aryl methyl sites for hydroxylation is 1. The SMILES string of the molecule is CSc1ccc(-c2nc(C)n(C)c2C#N)cc1. The van der Waals surface area contributed by atoms with Crippen LogP contribution in [0.5, 0.6) is 0 Å². The first-order chi connectivity index (χ1) is 8.17. The van der Waals surface area contributed by atoms with E-state index in [9.17, 15) is 0 Å². The number of hydrogen-bond donors (Lipinski definition) is 0. The molecule has 0 aliphatic carbocycles. The van der Waals surface area contributed by atoms with Gasteiger partial charge >= 0.3 is 0 Å². The van der Waals surface area contributed by atoms with Gasteiger partial charge in [-0.05, 0) is 25.3 Å². The molecule has 1 aromatic heterocycles. The second kappa shape index (κ2) is 4.64. The molecule has 0 atom stereocenters. The molecule has 0 spiro atoms. The van der Waals surface area contributed by atoms with Gasteiger partial charge in [-0.2, -0.15) is 5.26 Å². The van der Waals surface area contributed by atoms with Crippen LogP contribution < -0.4 is 0 Å². The second-order valence-corrected chi connectivity index (χ2v) is 4.64. The van der Waals surface area contributed by atoms with Gasteiger partial charge in [0.05, 0.1) is 0 Å². The van der Waals surface area contributed by atoms with E-state index in [1.807, 2.05) is 49.1 Å². The Bertz CT molecular complexity index is 576. The van der Waals surface area contributed by atoms with Gasteiger partial charge in [-0.3, -0.25) is 0 Å². The molecule has 2 aromatic rings. The zero-order chi connectivity index (χ0) is 12.4. The smallest absolute Gasteiger partial charge is 0.147 e. The van der Waals surface area contributed by atoms with Crippen LogP contribution in [0.1, 0.15) is 11.5 Å². The van der Waals surface area contributed by atoms with Crippen LogP contribution in [0.3, 0.4) is 0 Å². The maximum Gasteiger partial charge on any atom is 0.147 e. The highest BCUT2D eigenvalue weighted by Gasteiger charge is 2.13. The highest BCUT2D eigenvalue weighted by atomic mass is 32.2. The van der Waals surface area contributed by atoms with Crippen LogP contribution in [-0.4, -0.2) is 15.8 Å². The highest BCUT2D eigenvalue weighted by molar-refractivity contribution is 7.98. The van der Waals surface area contributed by atoms with Crippen molar-refractivity contribution in [1.29, 1.82) is 5.26 Å². The summed E-state index contributed by atoms with van der Waals surface area (Å²) in [5.41, 5.74) is 2.36. The lowest BCUT2D eigenvalue weighted by Crippen LogP contribution is -1.94. The number of rotatable bonds is 2. The minimum Gasteiger partial charge on any atom is -0.323 e. The predicted molar refractivity (Wildman–Crippen MR) is 69.9 cm³/mol. The molecule has 4 heteroatoms. The third-order valence-corrected chi connectivity index (χ3v) is 3.53. The first-order valence-corrected chi connectivity index (χ1v) is 6.47. The van der Waals surface area contributed by atoms with Gasteiger partial charge in [0.1, 0.15) is 23.3 Å². The largest absolute Gasteiger partial charge is 0.323 e. The van der Waals surface area contributed by atoms with Crippen LogP contribution in [-0.2, 0) is 7.05 Å². The summed E-state index contributed by atoms with van der Waals surface area (Å²) in [5, 5.41) is 9.16. The summed E-state index contributed by atoms with van der Waals surface area (Å²) in [6.45, 7) is 1.90.